The van der Waals surface area contributed by atoms with E-state index in [1.807, 2.05) is 17.9 Å². The lowest BCUT2D eigenvalue weighted by Crippen LogP contribution is -2.31. The Balaban J connectivity index is 1.57. The van der Waals surface area contributed by atoms with Crippen LogP contribution < -0.4 is 0 Å². The number of aryl methyl sites for hydroxylation is 1. The van der Waals surface area contributed by atoms with Gasteiger partial charge in [0.25, 0.3) is 0 Å². The lowest BCUT2D eigenvalue weighted by Gasteiger charge is -2.23. The Hall–Kier alpha value is -2.07. The zero-order valence-electron chi connectivity index (χ0n) is 13.1. The quantitative estimate of drug-likeness (QED) is 0.699. The third kappa shape index (κ3) is 2.68. The van der Waals surface area contributed by atoms with E-state index in [-0.39, 0.29) is 11.9 Å². The number of rotatable bonds is 3. The Labute approximate surface area is 139 Å². The Morgan fingerprint density at radius 1 is 1.39 bits per heavy atom. The number of carbonyl (C=O) groups is 1. The number of carbonyl (C=O) groups excluding carboxylic acids is 1. The summed E-state index contributed by atoms with van der Waals surface area (Å²) in [7, 11) is 0. The summed E-state index contributed by atoms with van der Waals surface area (Å²) >= 11 is 1.74. The van der Waals surface area contributed by atoms with Crippen LogP contribution in [-0.2, 0) is 11.2 Å². The first-order valence-corrected chi connectivity index (χ1v) is 8.90. The van der Waals surface area contributed by atoms with Crippen molar-refractivity contribution in [2.45, 2.75) is 32.2 Å². The molecular weight excluding hydrogens is 306 g/mol. The average Bonchev–Trinajstić information content (AvgIpc) is 3.27. The lowest BCUT2D eigenvalue weighted by molar-refractivity contribution is -0.131. The molecule has 4 rings (SSSR count). The van der Waals surface area contributed by atoms with E-state index in [0.717, 1.165) is 35.9 Å². The van der Waals surface area contributed by atoms with Gasteiger partial charge in [-0.3, -0.25) is 4.79 Å². The molecule has 3 aromatic rings. The fraction of sp³-hybridized carbons (Fsp3) is 0.316. The van der Waals surface area contributed by atoms with E-state index in [2.05, 4.69) is 29.6 Å². The Morgan fingerprint density at radius 3 is 3.13 bits per heavy atom. The molecule has 0 aliphatic carbocycles. The van der Waals surface area contributed by atoms with Crippen LogP contribution in [-0.4, -0.2) is 17.4 Å². The highest BCUT2D eigenvalue weighted by Crippen LogP contribution is 2.35. The van der Waals surface area contributed by atoms with Gasteiger partial charge in [0, 0.05) is 22.4 Å². The molecule has 3 nitrogen and oxygen atoms in total. The second-order valence-corrected chi connectivity index (χ2v) is 7.18. The highest BCUT2D eigenvalue weighted by Gasteiger charge is 2.30. The van der Waals surface area contributed by atoms with Crippen molar-refractivity contribution in [3.05, 3.63) is 58.0 Å². The van der Waals surface area contributed by atoms with Crippen molar-refractivity contribution in [3.63, 3.8) is 0 Å². The third-order valence-electron chi connectivity index (χ3n) is 4.60. The Morgan fingerprint density at radius 2 is 2.30 bits per heavy atom. The van der Waals surface area contributed by atoms with Crippen molar-refractivity contribution in [3.8, 4) is 0 Å². The van der Waals surface area contributed by atoms with Crippen LogP contribution in [0, 0.1) is 6.92 Å². The number of amides is 1. The van der Waals surface area contributed by atoms with Gasteiger partial charge in [-0.25, -0.2) is 0 Å². The van der Waals surface area contributed by atoms with Crippen LogP contribution in [0.4, 0.5) is 0 Å². The molecule has 4 heteroatoms. The molecule has 0 bridgehead atoms. The number of hydrogen-bond donors (Lipinski definition) is 0. The highest BCUT2D eigenvalue weighted by atomic mass is 32.1. The molecule has 0 N–H and O–H groups in total. The molecule has 118 valence electrons. The van der Waals surface area contributed by atoms with Gasteiger partial charge in [-0.1, -0.05) is 18.2 Å². The molecule has 1 aliphatic rings. The molecule has 0 radical (unpaired) electrons. The van der Waals surface area contributed by atoms with Crippen LogP contribution >= 0.6 is 11.3 Å². The summed E-state index contributed by atoms with van der Waals surface area (Å²) in [6, 6.07) is 10.6. The van der Waals surface area contributed by atoms with E-state index in [9.17, 15) is 4.79 Å². The topological polar surface area (TPSA) is 33.5 Å². The van der Waals surface area contributed by atoms with E-state index in [4.69, 9.17) is 4.42 Å². The largest absolute Gasteiger partial charge is 0.464 e. The first-order chi connectivity index (χ1) is 11.2. The summed E-state index contributed by atoms with van der Waals surface area (Å²) in [4.78, 5) is 16.2. The Bertz CT molecular complexity index is 834. The highest BCUT2D eigenvalue weighted by molar-refractivity contribution is 7.10. The molecule has 3 heterocycles. The van der Waals surface area contributed by atoms with Crippen LogP contribution in [0.1, 0.15) is 34.9 Å². The minimum atomic E-state index is 0.198. The summed E-state index contributed by atoms with van der Waals surface area (Å²) in [6.07, 6.45) is 4.30. The third-order valence-corrected chi connectivity index (χ3v) is 5.57. The van der Waals surface area contributed by atoms with Gasteiger partial charge in [-0.15, -0.1) is 11.3 Å². The molecule has 1 saturated heterocycles. The fourth-order valence-electron chi connectivity index (χ4n) is 3.43. The summed E-state index contributed by atoms with van der Waals surface area (Å²) in [6.45, 7) is 2.90. The SMILES string of the molecule is Cc1ccc2c(CC(=O)N3CCC[C@H]3c3cccs3)coc2c1. The summed E-state index contributed by atoms with van der Waals surface area (Å²) in [5.41, 5.74) is 3.02. The van der Waals surface area contributed by atoms with Crippen molar-refractivity contribution in [1.82, 2.24) is 4.90 Å². The number of likely N-dealkylation sites (tertiary alicyclic amines) is 1. The Kier molecular flexibility index (Phi) is 3.69. The molecule has 2 aromatic heterocycles. The van der Waals surface area contributed by atoms with Gasteiger partial charge < -0.3 is 9.32 Å². The average molecular weight is 325 g/mol. The van der Waals surface area contributed by atoms with Gasteiger partial charge in [0.05, 0.1) is 18.7 Å². The molecule has 0 unspecified atom stereocenters. The lowest BCUT2D eigenvalue weighted by atomic mass is 10.1. The summed E-state index contributed by atoms with van der Waals surface area (Å²) in [5, 5.41) is 3.14. The second-order valence-electron chi connectivity index (χ2n) is 6.20. The maximum atomic E-state index is 12.8. The minimum absolute atomic E-state index is 0.198. The zero-order valence-corrected chi connectivity index (χ0v) is 13.9. The molecule has 1 aromatic carbocycles. The second kappa shape index (κ2) is 5.85. The van der Waals surface area contributed by atoms with Gasteiger partial charge in [0.2, 0.25) is 5.91 Å². The smallest absolute Gasteiger partial charge is 0.227 e. The number of hydrogen-bond acceptors (Lipinski definition) is 3. The number of thiophene rings is 1. The first-order valence-electron chi connectivity index (χ1n) is 8.02. The maximum absolute atomic E-state index is 12.8. The first kappa shape index (κ1) is 14.5. The van der Waals surface area contributed by atoms with Crippen LogP contribution in [0.5, 0.6) is 0 Å². The molecule has 1 amide bonds. The van der Waals surface area contributed by atoms with Crippen molar-refractivity contribution in [1.29, 1.82) is 0 Å². The molecule has 1 atom stereocenters. The number of benzene rings is 1. The van der Waals surface area contributed by atoms with Crippen molar-refractivity contribution < 1.29 is 9.21 Å². The van der Waals surface area contributed by atoms with Gasteiger partial charge in [-0.2, -0.15) is 0 Å². The molecule has 1 fully saturated rings. The number of furan rings is 1. The van der Waals surface area contributed by atoms with E-state index in [1.54, 1.807) is 17.6 Å². The van der Waals surface area contributed by atoms with E-state index < -0.39 is 0 Å². The van der Waals surface area contributed by atoms with E-state index in [0.29, 0.717) is 6.42 Å². The summed E-state index contributed by atoms with van der Waals surface area (Å²) < 4.78 is 5.62. The summed E-state index contributed by atoms with van der Waals surface area (Å²) in [5.74, 6) is 0.198. The number of fused-ring (bicyclic) bond motifs is 1. The molecule has 1 aliphatic heterocycles. The van der Waals surface area contributed by atoms with Crippen LogP contribution in [0.25, 0.3) is 11.0 Å². The van der Waals surface area contributed by atoms with Crippen molar-refractivity contribution >= 4 is 28.2 Å². The van der Waals surface area contributed by atoms with Crippen molar-refractivity contribution in [2.75, 3.05) is 6.54 Å². The van der Waals surface area contributed by atoms with Gasteiger partial charge in [0.15, 0.2) is 0 Å². The zero-order chi connectivity index (χ0) is 15.8. The van der Waals surface area contributed by atoms with E-state index in [1.165, 1.54) is 10.4 Å². The normalized spacial score (nSPS) is 18.0. The van der Waals surface area contributed by atoms with Crippen molar-refractivity contribution in [2.24, 2.45) is 0 Å². The molecule has 0 saturated carbocycles. The molecular formula is C19H19NO2S. The minimum Gasteiger partial charge on any atom is -0.464 e. The van der Waals surface area contributed by atoms with E-state index >= 15 is 0 Å². The monoisotopic (exact) mass is 325 g/mol. The molecule has 23 heavy (non-hydrogen) atoms. The van der Waals surface area contributed by atoms with Gasteiger partial charge in [0.1, 0.15) is 5.58 Å². The van der Waals surface area contributed by atoms with Crippen LogP contribution in [0.2, 0.25) is 0 Å². The van der Waals surface area contributed by atoms with Crippen LogP contribution in [0.3, 0.4) is 0 Å². The van der Waals surface area contributed by atoms with Gasteiger partial charge in [-0.05, 0) is 42.8 Å². The standard InChI is InChI=1S/C19H19NO2S/c1-13-6-7-15-14(12-22-17(15)10-13)11-19(21)20-8-2-4-16(20)18-5-3-9-23-18/h3,5-7,9-10,12,16H,2,4,8,11H2,1H3/t16-/m0/s1. The fourth-order valence-corrected chi connectivity index (χ4v) is 4.31. The number of nitrogens with zero attached hydrogens (tertiary/aromatic N) is 1. The maximum Gasteiger partial charge on any atom is 0.227 e. The van der Waals surface area contributed by atoms with Crippen LogP contribution in [0.15, 0.2) is 46.4 Å². The van der Waals surface area contributed by atoms with Gasteiger partial charge >= 0.3 is 0 Å². The molecule has 0 spiro atoms. The predicted octanol–water partition coefficient (Wildman–Crippen LogP) is 4.71. The predicted molar refractivity (Wildman–Crippen MR) is 92.7 cm³/mol.